The van der Waals surface area contributed by atoms with Gasteiger partial charge in [-0.25, -0.2) is 0 Å². The Labute approximate surface area is 82.7 Å². The zero-order valence-corrected chi connectivity index (χ0v) is 8.19. The zero-order valence-electron chi connectivity index (χ0n) is 6.61. The average molecular weight is 240 g/mol. The summed E-state index contributed by atoms with van der Waals surface area (Å²) in [6.07, 6.45) is 4.16. The summed E-state index contributed by atoms with van der Waals surface area (Å²) in [5, 5.41) is 13.6. The molecule has 0 radical (unpaired) electrons. The molecule has 0 fully saturated rings. The van der Waals surface area contributed by atoms with Crippen LogP contribution < -0.4 is 0 Å². The number of hydrogen-bond donors (Lipinski definition) is 1. The van der Waals surface area contributed by atoms with E-state index < -0.39 is 0 Å². The van der Waals surface area contributed by atoms with Gasteiger partial charge in [-0.15, -0.1) is 10.2 Å². The lowest BCUT2D eigenvalue weighted by atomic mass is 10.2. The molecule has 0 aromatic carbocycles. The Morgan fingerprint density at radius 1 is 1.38 bits per heavy atom. The third-order valence-corrected chi connectivity index (χ3v) is 1.95. The molecule has 0 aliphatic carbocycles. The first kappa shape index (κ1) is 8.31. The Morgan fingerprint density at radius 3 is 3.00 bits per heavy atom. The maximum absolute atomic E-state index is 4.03. The van der Waals surface area contributed by atoms with Crippen molar-refractivity contribution in [2.45, 2.75) is 6.42 Å². The van der Waals surface area contributed by atoms with Crippen molar-refractivity contribution in [1.29, 1.82) is 0 Å². The maximum Gasteiger partial charge on any atom is 0.178 e. The van der Waals surface area contributed by atoms with Crippen LogP contribution in [0.2, 0.25) is 0 Å². The van der Waals surface area contributed by atoms with Gasteiger partial charge >= 0.3 is 0 Å². The molecule has 2 heterocycles. The van der Waals surface area contributed by atoms with Crippen LogP contribution in [0.5, 0.6) is 0 Å². The highest BCUT2D eigenvalue weighted by Gasteiger charge is 2.00. The van der Waals surface area contributed by atoms with E-state index >= 15 is 0 Å². The SMILES string of the molecule is Brc1cncc(Cc2nn[nH]n2)c1. The van der Waals surface area contributed by atoms with Crippen molar-refractivity contribution in [3.63, 3.8) is 0 Å². The maximum atomic E-state index is 4.03. The first-order chi connectivity index (χ1) is 6.34. The second-order valence-electron chi connectivity index (χ2n) is 2.52. The molecular weight excluding hydrogens is 234 g/mol. The molecule has 13 heavy (non-hydrogen) atoms. The summed E-state index contributed by atoms with van der Waals surface area (Å²) >= 11 is 3.34. The van der Waals surface area contributed by atoms with Crippen LogP contribution >= 0.6 is 15.9 Å². The topological polar surface area (TPSA) is 67.3 Å². The number of tetrazole rings is 1. The highest BCUT2D eigenvalue weighted by atomic mass is 79.9. The molecule has 6 heteroatoms. The number of nitrogens with one attached hydrogen (secondary N) is 1. The fraction of sp³-hybridized carbons (Fsp3) is 0.143. The minimum Gasteiger partial charge on any atom is -0.263 e. The summed E-state index contributed by atoms with van der Waals surface area (Å²) in [6.45, 7) is 0. The molecule has 2 aromatic rings. The molecule has 0 unspecified atom stereocenters. The van der Waals surface area contributed by atoms with Gasteiger partial charge < -0.3 is 0 Å². The second-order valence-corrected chi connectivity index (χ2v) is 3.43. The van der Waals surface area contributed by atoms with E-state index in [1.165, 1.54) is 0 Å². The smallest absolute Gasteiger partial charge is 0.178 e. The third kappa shape index (κ3) is 2.09. The van der Waals surface area contributed by atoms with Crippen molar-refractivity contribution in [3.05, 3.63) is 34.3 Å². The predicted octanol–water partition coefficient (Wildman–Crippen LogP) is 0.948. The molecule has 0 bridgehead atoms. The highest BCUT2D eigenvalue weighted by molar-refractivity contribution is 9.10. The molecule has 0 saturated heterocycles. The third-order valence-electron chi connectivity index (χ3n) is 1.51. The zero-order chi connectivity index (χ0) is 9.10. The fourth-order valence-electron chi connectivity index (χ4n) is 0.993. The van der Waals surface area contributed by atoms with Crippen molar-refractivity contribution >= 4 is 15.9 Å². The highest BCUT2D eigenvalue weighted by Crippen LogP contribution is 2.11. The van der Waals surface area contributed by atoms with E-state index in [0.29, 0.717) is 12.2 Å². The Morgan fingerprint density at radius 2 is 2.31 bits per heavy atom. The van der Waals surface area contributed by atoms with Crippen LogP contribution in [0, 0.1) is 0 Å². The number of hydrogen-bond acceptors (Lipinski definition) is 4. The van der Waals surface area contributed by atoms with Crippen LogP contribution in [0.1, 0.15) is 11.4 Å². The van der Waals surface area contributed by atoms with E-state index in [-0.39, 0.29) is 0 Å². The van der Waals surface area contributed by atoms with Crippen LogP contribution in [0.15, 0.2) is 22.9 Å². The van der Waals surface area contributed by atoms with E-state index in [2.05, 4.69) is 41.5 Å². The molecular formula is C7H6BrN5. The molecule has 0 aliphatic heterocycles. The quantitative estimate of drug-likeness (QED) is 0.848. The summed E-state index contributed by atoms with van der Waals surface area (Å²) in [5.41, 5.74) is 1.05. The summed E-state index contributed by atoms with van der Waals surface area (Å²) in [7, 11) is 0. The minimum atomic E-state index is 0.642. The van der Waals surface area contributed by atoms with Gasteiger partial charge in [0.05, 0.1) is 0 Å². The number of H-pyrrole nitrogens is 1. The molecule has 0 spiro atoms. The molecule has 0 amide bonds. The van der Waals surface area contributed by atoms with Crippen LogP contribution in [-0.2, 0) is 6.42 Å². The van der Waals surface area contributed by atoms with E-state index in [4.69, 9.17) is 0 Å². The average Bonchev–Trinajstić information content (AvgIpc) is 2.57. The van der Waals surface area contributed by atoms with E-state index in [0.717, 1.165) is 10.0 Å². The lowest BCUT2D eigenvalue weighted by Gasteiger charge is -1.95. The predicted molar refractivity (Wildman–Crippen MR) is 48.9 cm³/mol. The van der Waals surface area contributed by atoms with Crippen molar-refractivity contribution in [1.82, 2.24) is 25.6 Å². The van der Waals surface area contributed by atoms with Crippen LogP contribution in [0.3, 0.4) is 0 Å². The number of pyridine rings is 1. The second kappa shape index (κ2) is 3.61. The van der Waals surface area contributed by atoms with Gasteiger partial charge in [0.15, 0.2) is 5.82 Å². The summed E-state index contributed by atoms with van der Waals surface area (Å²) in [5.74, 6) is 0.667. The number of rotatable bonds is 2. The number of aromatic nitrogens is 5. The van der Waals surface area contributed by atoms with Gasteiger partial charge in [-0.2, -0.15) is 5.21 Å². The summed E-state index contributed by atoms with van der Waals surface area (Å²) in [4.78, 5) is 4.03. The molecule has 5 nitrogen and oxygen atoms in total. The van der Waals surface area contributed by atoms with Crippen LogP contribution in [-0.4, -0.2) is 25.6 Å². The van der Waals surface area contributed by atoms with Gasteiger partial charge in [0, 0.05) is 23.3 Å². The monoisotopic (exact) mass is 239 g/mol. The Kier molecular flexibility index (Phi) is 2.31. The van der Waals surface area contributed by atoms with E-state index in [1.54, 1.807) is 12.4 Å². The number of nitrogens with zero attached hydrogens (tertiary/aromatic N) is 4. The molecule has 2 rings (SSSR count). The minimum absolute atomic E-state index is 0.642. The van der Waals surface area contributed by atoms with Gasteiger partial charge in [0.1, 0.15) is 0 Å². The molecule has 0 atom stereocenters. The summed E-state index contributed by atoms with van der Waals surface area (Å²) < 4.78 is 0.952. The standard InChI is InChI=1S/C7H6BrN5/c8-6-1-5(3-9-4-6)2-7-10-12-13-11-7/h1,3-4H,2H2,(H,10,11,12,13). The van der Waals surface area contributed by atoms with Gasteiger partial charge in [0.25, 0.3) is 0 Å². The number of halogens is 1. The van der Waals surface area contributed by atoms with Crippen molar-refractivity contribution in [3.8, 4) is 0 Å². The van der Waals surface area contributed by atoms with Gasteiger partial charge in [0.2, 0.25) is 0 Å². The van der Waals surface area contributed by atoms with Crippen LogP contribution in [0.4, 0.5) is 0 Å². The first-order valence-electron chi connectivity index (χ1n) is 3.66. The van der Waals surface area contributed by atoms with Gasteiger partial charge in [-0.3, -0.25) is 4.98 Å². The molecule has 1 N–H and O–H groups in total. The van der Waals surface area contributed by atoms with Gasteiger partial charge in [-0.05, 0) is 27.6 Å². The Hall–Kier alpha value is -1.30. The molecule has 2 aromatic heterocycles. The molecule has 0 aliphatic rings. The lowest BCUT2D eigenvalue weighted by Crippen LogP contribution is -1.91. The van der Waals surface area contributed by atoms with Crippen molar-refractivity contribution in [2.75, 3.05) is 0 Å². The van der Waals surface area contributed by atoms with Gasteiger partial charge in [-0.1, -0.05) is 5.21 Å². The Balaban J connectivity index is 2.19. The summed E-state index contributed by atoms with van der Waals surface area (Å²) in [6, 6.07) is 1.98. The first-order valence-corrected chi connectivity index (χ1v) is 4.45. The lowest BCUT2D eigenvalue weighted by molar-refractivity contribution is 0.881. The van der Waals surface area contributed by atoms with Crippen molar-refractivity contribution in [2.24, 2.45) is 0 Å². The number of aromatic amines is 1. The van der Waals surface area contributed by atoms with Crippen LogP contribution in [0.25, 0.3) is 0 Å². The Bertz CT molecular complexity index is 386. The molecule has 0 saturated carbocycles. The normalized spacial score (nSPS) is 10.2. The van der Waals surface area contributed by atoms with E-state index in [1.807, 2.05) is 6.07 Å². The fourth-order valence-corrected chi connectivity index (χ4v) is 1.40. The van der Waals surface area contributed by atoms with Crippen molar-refractivity contribution < 1.29 is 0 Å². The van der Waals surface area contributed by atoms with E-state index in [9.17, 15) is 0 Å². The largest absolute Gasteiger partial charge is 0.263 e. The molecule has 66 valence electrons.